The molecule has 0 unspecified atom stereocenters. The van der Waals surface area contributed by atoms with Crippen LogP contribution in [0.25, 0.3) is 0 Å². The molecule has 0 saturated carbocycles. The Hall–Kier alpha value is -2.50. The number of nitrogens with one attached hydrogen (secondary N) is 1. The first-order chi connectivity index (χ1) is 11.5. The van der Waals surface area contributed by atoms with Gasteiger partial charge in [0.15, 0.2) is 0 Å². The second kappa shape index (κ2) is 8.38. The first-order valence-corrected chi connectivity index (χ1v) is 8.27. The minimum absolute atomic E-state index is 0.321. The molecule has 2 rings (SSSR count). The summed E-state index contributed by atoms with van der Waals surface area (Å²) in [5.74, 6) is 0.280. The van der Waals surface area contributed by atoms with Crippen molar-refractivity contribution in [3.63, 3.8) is 0 Å². The van der Waals surface area contributed by atoms with Crippen molar-refractivity contribution in [2.75, 3.05) is 24.2 Å². The minimum atomic E-state index is -0.355. The van der Waals surface area contributed by atoms with Gasteiger partial charge in [-0.25, -0.2) is 13.9 Å². The molecule has 0 saturated heterocycles. The van der Waals surface area contributed by atoms with Crippen molar-refractivity contribution < 1.29 is 14.1 Å². The van der Waals surface area contributed by atoms with Crippen molar-refractivity contribution in [2.24, 2.45) is 13.0 Å². The summed E-state index contributed by atoms with van der Waals surface area (Å²) in [7, 11) is 1.95. The molecule has 0 fully saturated rings. The van der Waals surface area contributed by atoms with E-state index in [4.69, 9.17) is 10.5 Å². The molecular weight excluding hydrogens is 304 g/mol. The number of nitrogens with two attached hydrogens (primary N) is 1. The van der Waals surface area contributed by atoms with Crippen molar-refractivity contribution in [3.05, 3.63) is 42.5 Å². The third-order valence-electron chi connectivity index (χ3n) is 3.73. The van der Waals surface area contributed by atoms with Crippen molar-refractivity contribution in [1.82, 2.24) is 4.57 Å². The van der Waals surface area contributed by atoms with Gasteiger partial charge in [0.2, 0.25) is 6.33 Å². The monoisotopic (exact) mass is 331 g/mol. The molecule has 0 aliphatic rings. The summed E-state index contributed by atoms with van der Waals surface area (Å²) in [4.78, 5) is 12.1. The van der Waals surface area contributed by atoms with Crippen molar-refractivity contribution in [2.45, 2.75) is 26.8 Å². The molecule has 1 aromatic heterocycles. The smallest absolute Gasteiger partial charge is 0.338 e. The van der Waals surface area contributed by atoms with Crippen LogP contribution in [0, 0.1) is 5.92 Å². The number of ether oxygens (including phenoxy) is 1. The molecule has 0 radical (unpaired) electrons. The van der Waals surface area contributed by atoms with E-state index in [-0.39, 0.29) is 5.97 Å². The van der Waals surface area contributed by atoms with Crippen LogP contribution in [0.5, 0.6) is 0 Å². The van der Waals surface area contributed by atoms with Gasteiger partial charge < -0.3 is 15.8 Å². The summed E-state index contributed by atoms with van der Waals surface area (Å²) in [6.45, 7) is 6.16. The number of imidazole rings is 1. The molecule has 24 heavy (non-hydrogen) atoms. The highest BCUT2D eigenvalue weighted by Crippen LogP contribution is 2.20. The van der Waals surface area contributed by atoms with Gasteiger partial charge in [0, 0.05) is 6.54 Å². The second-order valence-corrected chi connectivity index (χ2v) is 6.36. The molecule has 6 nitrogen and oxygen atoms in total. The normalized spacial score (nSPS) is 10.8. The van der Waals surface area contributed by atoms with E-state index in [1.54, 1.807) is 12.1 Å². The van der Waals surface area contributed by atoms with Crippen LogP contribution in [0.1, 0.15) is 30.6 Å². The van der Waals surface area contributed by atoms with Gasteiger partial charge in [-0.1, -0.05) is 13.8 Å². The summed E-state index contributed by atoms with van der Waals surface area (Å²) < 4.78 is 9.20. The number of nitrogens with zero attached hydrogens (tertiary/aromatic N) is 2. The fourth-order valence-corrected chi connectivity index (χ4v) is 2.31. The zero-order chi connectivity index (χ0) is 17.5. The molecule has 130 valence electrons. The summed E-state index contributed by atoms with van der Waals surface area (Å²) >= 11 is 0. The lowest BCUT2D eigenvalue weighted by atomic mass is 10.1. The van der Waals surface area contributed by atoms with Gasteiger partial charge in [-0.05, 0) is 30.5 Å². The highest BCUT2D eigenvalue weighted by Gasteiger charge is 2.10. The molecule has 1 aromatic carbocycles. The Morgan fingerprint density at radius 3 is 2.83 bits per heavy atom. The summed E-state index contributed by atoms with van der Waals surface area (Å²) in [5, 5.41) is 3.29. The van der Waals surface area contributed by atoms with E-state index in [1.807, 2.05) is 41.0 Å². The van der Waals surface area contributed by atoms with Crippen LogP contribution in [-0.4, -0.2) is 23.7 Å². The topological polar surface area (TPSA) is 73.2 Å². The summed E-state index contributed by atoms with van der Waals surface area (Å²) in [6, 6.07) is 5.24. The standard InChI is InChI=1S/C18H26N4O2/c1-14(2)6-7-20-17-5-4-15(12-16(17)19)18(23)24-11-10-22-9-8-21(3)13-22/h4-5,8-9,12-14H,6-7,10-11,19H2,1-3H3/p+1. The quantitative estimate of drug-likeness (QED) is 0.442. The summed E-state index contributed by atoms with van der Waals surface area (Å²) in [6.07, 6.45) is 6.88. The fraction of sp³-hybridized carbons (Fsp3) is 0.444. The largest absolute Gasteiger partial charge is 0.458 e. The van der Waals surface area contributed by atoms with Gasteiger partial charge in [0.1, 0.15) is 25.5 Å². The van der Waals surface area contributed by atoms with Crippen LogP contribution in [0.4, 0.5) is 11.4 Å². The fourth-order valence-electron chi connectivity index (χ4n) is 2.31. The lowest BCUT2D eigenvalue weighted by molar-refractivity contribution is -0.671. The van der Waals surface area contributed by atoms with Crippen molar-refractivity contribution in [3.8, 4) is 0 Å². The Balaban J connectivity index is 1.84. The van der Waals surface area contributed by atoms with Crippen LogP contribution in [0.2, 0.25) is 0 Å². The molecule has 0 bridgehead atoms. The number of nitrogen functional groups attached to an aromatic ring is 1. The number of hydrogen-bond donors (Lipinski definition) is 2. The number of carbonyl (C=O) groups excluding carboxylic acids is 1. The van der Waals surface area contributed by atoms with E-state index in [1.165, 1.54) is 0 Å². The number of benzene rings is 1. The highest BCUT2D eigenvalue weighted by molar-refractivity contribution is 5.91. The number of aromatic nitrogens is 2. The van der Waals surface area contributed by atoms with E-state index < -0.39 is 0 Å². The van der Waals surface area contributed by atoms with Gasteiger partial charge >= 0.3 is 5.97 Å². The summed E-state index contributed by atoms with van der Waals surface area (Å²) in [5.41, 5.74) is 7.91. The zero-order valence-corrected chi connectivity index (χ0v) is 14.7. The van der Waals surface area contributed by atoms with Gasteiger partial charge in [0.25, 0.3) is 0 Å². The molecule has 0 aliphatic heterocycles. The van der Waals surface area contributed by atoms with E-state index in [9.17, 15) is 4.79 Å². The Kier molecular flexibility index (Phi) is 6.23. The molecule has 1 heterocycles. The van der Waals surface area contributed by atoms with E-state index in [0.717, 1.165) is 18.7 Å². The predicted molar refractivity (Wildman–Crippen MR) is 94.7 cm³/mol. The third kappa shape index (κ3) is 5.30. The number of carbonyl (C=O) groups is 1. The van der Waals surface area contributed by atoms with Gasteiger partial charge in [-0.15, -0.1) is 0 Å². The molecule has 6 heteroatoms. The van der Waals surface area contributed by atoms with Crippen molar-refractivity contribution in [1.29, 1.82) is 0 Å². The van der Waals surface area contributed by atoms with Gasteiger partial charge in [-0.3, -0.25) is 0 Å². The van der Waals surface area contributed by atoms with E-state index >= 15 is 0 Å². The number of rotatable bonds is 8. The van der Waals surface area contributed by atoms with Gasteiger partial charge in [0.05, 0.1) is 24.0 Å². The maximum Gasteiger partial charge on any atom is 0.338 e. The third-order valence-corrected chi connectivity index (χ3v) is 3.73. The van der Waals surface area contributed by atoms with E-state index in [2.05, 4.69) is 19.2 Å². The molecule has 3 N–H and O–H groups in total. The molecular formula is C18H27N4O2+. The van der Waals surface area contributed by atoms with Crippen LogP contribution < -0.4 is 15.6 Å². The first kappa shape index (κ1) is 17.8. The van der Waals surface area contributed by atoms with Crippen LogP contribution >= 0.6 is 0 Å². The number of hydrogen-bond acceptors (Lipinski definition) is 4. The van der Waals surface area contributed by atoms with Crippen LogP contribution in [0.3, 0.4) is 0 Å². The molecule has 0 atom stereocenters. The SMILES string of the molecule is CC(C)CCNc1ccc(C(=O)OCCn2cc[n+](C)c2)cc1N. The molecule has 0 aliphatic carbocycles. The average molecular weight is 331 g/mol. The number of aryl methyl sites for hydroxylation is 1. The second-order valence-electron chi connectivity index (χ2n) is 6.36. The minimum Gasteiger partial charge on any atom is -0.458 e. The van der Waals surface area contributed by atoms with Crippen molar-refractivity contribution >= 4 is 17.3 Å². The maximum atomic E-state index is 12.1. The average Bonchev–Trinajstić information content (AvgIpc) is 2.94. The molecule has 2 aromatic rings. The molecule has 0 spiro atoms. The first-order valence-electron chi connectivity index (χ1n) is 8.27. The zero-order valence-electron chi connectivity index (χ0n) is 14.7. The number of anilines is 2. The number of esters is 1. The Morgan fingerprint density at radius 2 is 2.21 bits per heavy atom. The van der Waals surface area contributed by atoms with Gasteiger partial charge in [-0.2, -0.15) is 0 Å². The van der Waals surface area contributed by atoms with Crippen LogP contribution in [0.15, 0.2) is 36.9 Å². The van der Waals surface area contributed by atoms with Crippen LogP contribution in [-0.2, 0) is 18.3 Å². The maximum absolute atomic E-state index is 12.1. The highest BCUT2D eigenvalue weighted by atomic mass is 16.5. The Labute approximate surface area is 143 Å². The predicted octanol–water partition coefficient (Wildman–Crippen LogP) is 2.21. The molecule has 0 amide bonds. The lowest BCUT2D eigenvalue weighted by Gasteiger charge is -2.12. The Bertz CT molecular complexity index is 679. The Morgan fingerprint density at radius 1 is 1.42 bits per heavy atom. The van der Waals surface area contributed by atoms with E-state index in [0.29, 0.717) is 30.3 Å². The lowest BCUT2D eigenvalue weighted by Crippen LogP contribution is -2.24.